The second-order valence-electron chi connectivity index (χ2n) is 7.32. The monoisotopic (exact) mass is 496 g/mol. The smallest absolute Gasteiger partial charge is 0.370 e. The summed E-state index contributed by atoms with van der Waals surface area (Å²) < 4.78 is 38.2. The Balaban J connectivity index is 0.00000261. The number of likely N-dealkylation sites (tertiary alicyclic amines) is 1. The highest BCUT2D eigenvalue weighted by Gasteiger charge is 2.43. The van der Waals surface area contributed by atoms with Crippen LogP contribution in [0.2, 0.25) is 0 Å². The fourth-order valence-corrected chi connectivity index (χ4v) is 3.80. The van der Waals surface area contributed by atoms with Crippen molar-refractivity contribution in [2.45, 2.75) is 57.3 Å². The van der Waals surface area contributed by atoms with Crippen LogP contribution in [0.25, 0.3) is 0 Å². The van der Waals surface area contributed by atoms with Gasteiger partial charge in [0.15, 0.2) is 5.96 Å². The summed E-state index contributed by atoms with van der Waals surface area (Å²) in [6, 6.07) is 8.55. The topological polar surface area (TPSA) is 53.6 Å². The Labute approximate surface area is 175 Å². The number of anilines is 1. The summed E-state index contributed by atoms with van der Waals surface area (Å²) in [4.78, 5) is 6.69. The minimum atomic E-state index is -4.05. The highest BCUT2D eigenvalue weighted by Crippen LogP contribution is 2.37. The first-order valence-electron chi connectivity index (χ1n) is 9.35. The number of guanidine groups is 1. The molecule has 1 aliphatic heterocycles. The highest BCUT2D eigenvalue weighted by molar-refractivity contribution is 14.0. The van der Waals surface area contributed by atoms with Crippen LogP contribution in [-0.2, 0) is 6.42 Å². The molecular formula is C19H28F3IN4. The van der Waals surface area contributed by atoms with Crippen molar-refractivity contribution in [1.29, 1.82) is 0 Å². The summed E-state index contributed by atoms with van der Waals surface area (Å²) >= 11 is 0. The molecule has 2 fully saturated rings. The van der Waals surface area contributed by atoms with Gasteiger partial charge in [-0.2, -0.15) is 13.2 Å². The number of aliphatic imine (C=N–C) groups is 1. The van der Waals surface area contributed by atoms with Gasteiger partial charge in [-0.1, -0.05) is 19.1 Å². The van der Waals surface area contributed by atoms with E-state index in [2.05, 4.69) is 34.3 Å². The minimum Gasteiger partial charge on any atom is -0.370 e. The number of alkyl halides is 3. The zero-order valence-electron chi connectivity index (χ0n) is 15.5. The molecule has 1 saturated carbocycles. The number of rotatable bonds is 4. The van der Waals surface area contributed by atoms with E-state index in [1.165, 1.54) is 5.56 Å². The Hall–Kier alpha value is -1.03. The molecule has 0 aromatic heterocycles. The Morgan fingerprint density at radius 1 is 1.26 bits per heavy atom. The van der Waals surface area contributed by atoms with Gasteiger partial charge in [0.25, 0.3) is 0 Å². The maximum absolute atomic E-state index is 12.7. The molecule has 0 radical (unpaired) electrons. The van der Waals surface area contributed by atoms with E-state index in [4.69, 9.17) is 5.73 Å². The molecule has 3 rings (SSSR count). The molecule has 8 heteroatoms. The molecule has 2 aliphatic rings. The molecule has 152 valence electrons. The zero-order chi connectivity index (χ0) is 18.7. The van der Waals surface area contributed by atoms with Crippen LogP contribution in [0.4, 0.5) is 18.9 Å². The minimum absolute atomic E-state index is 0. The Morgan fingerprint density at radius 3 is 2.52 bits per heavy atom. The summed E-state index contributed by atoms with van der Waals surface area (Å²) in [6.07, 6.45) is -0.922. The average molecular weight is 496 g/mol. The average Bonchev–Trinajstić information content (AvgIpc) is 2.57. The standard InChI is InChI=1S/C19H27F3N4.HI/c1-2-13-4-3-5-15(10-13)24-18(23)25-16-11-17(12-16)26-8-6-14(7-9-26)19(20,21)22;/h3-5,10,14,16-17H,2,6-9,11-12H2,1H3,(H3,23,24,25);1H. The van der Waals surface area contributed by atoms with Crippen LogP contribution in [0.15, 0.2) is 29.3 Å². The lowest BCUT2D eigenvalue weighted by atomic mass is 9.83. The molecule has 1 aromatic carbocycles. The number of nitrogens with two attached hydrogens (primary N) is 1. The summed E-state index contributed by atoms with van der Waals surface area (Å²) in [5, 5.41) is 3.12. The van der Waals surface area contributed by atoms with Gasteiger partial charge in [0.05, 0.1) is 12.0 Å². The molecule has 27 heavy (non-hydrogen) atoms. The predicted octanol–water partition coefficient (Wildman–Crippen LogP) is 4.40. The maximum Gasteiger partial charge on any atom is 0.391 e. The van der Waals surface area contributed by atoms with Crippen LogP contribution in [0.3, 0.4) is 0 Å². The molecule has 3 N–H and O–H groups in total. The van der Waals surface area contributed by atoms with E-state index >= 15 is 0 Å². The number of aryl methyl sites for hydroxylation is 1. The summed E-state index contributed by atoms with van der Waals surface area (Å²) in [6.45, 7) is 3.16. The quantitative estimate of drug-likeness (QED) is 0.369. The Bertz CT molecular complexity index is 636. The maximum atomic E-state index is 12.7. The van der Waals surface area contributed by atoms with E-state index in [-0.39, 0.29) is 42.9 Å². The molecule has 0 atom stereocenters. The van der Waals surface area contributed by atoms with Crippen molar-refractivity contribution in [3.63, 3.8) is 0 Å². The van der Waals surface area contributed by atoms with Crippen LogP contribution in [0, 0.1) is 5.92 Å². The molecule has 1 aliphatic carbocycles. The van der Waals surface area contributed by atoms with Gasteiger partial charge in [-0.25, -0.2) is 4.99 Å². The van der Waals surface area contributed by atoms with Gasteiger partial charge < -0.3 is 16.0 Å². The molecule has 0 amide bonds. The van der Waals surface area contributed by atoms with Gasteiger partial charge in [0.2, 0.25) is 0 Å². The molecule has 0 spiro atoms. The molecule has 1 heterocycles. The van der Waals surface area contributed by atoms with Crippen LogP contribution < -0.4 is 11.1 Å². The van der Waals surface area contributed by atoms with E-state index in [1.807, 2.05) is 12.1 Å². The van der Waals surface area contributed by atoms with Crippen LogP contribution in [0.5, 0.6) is 0 Å². The number of hydrogen-bond donors (Lipinski definition) is 2. The van der Waals surface area contributed by atoms with Crippen LogP contribution >= 0.6 is 24.0 Å². The van der Waals surface area contributed by atoms with E-state index in [9.17, 15) is 13.2 Å². The van der Waals surface area contributed by atoms with Gasteiger partial charge in [0.1, 0.15) is 0 Å². The number of halogens is 4. The van der Waals surface area contributed by atoms with Gasteiger partial charge in [-0.3, -0.25) is 0 Å². The number of nitrogens with one attached hydrogen (secondary N) is 1. The van der Waals surface area contributed by atoms with Gasteiger partial charge in [0, 0.05) is 11.7 Å². The van der Waals surface area contributed by atoms with E-state index in [1.54, 1.807) is 0 Å². The molecular weight excluding hydrogens is 468 g/mol. The summed E-state index contributed by atoms with van der Waals surface area (Å²) in [7, 11) is 0. The number of hydrogen-bond acceptors (Lipinski definition) is 2. The third-order valence-corrected chi connectivity index (χ3v) is 5.53. The van der Waals surface area contributed by atoms with Gasteiger partial charge in [-0.15, -0.1) is 24.0 Å². The predicted molar refractivity (Wildman–Crippen MR) is 114 cm³/mol. The van der Waals surface area contributed by atoms with Crippen LogP contribution in [-0.4, -0.2) is 42.2 Å². The lowest BCUT2D eigenvalue weighted by Gasteiger charge is -2.44. The molecule has 0 bridgehead atoms. The fraction of sp³-hybridized carbons (Fsp3) is 0.632. The zero-order valence-corrected chi connectivity index (χ0v) is 17.8. The van der Waals surface area contributed by atoms with E-state index in [0.717, 1.165) is 24.9 Å². The van der Waals surface area contributed by atoms with Crippen molar-refractivity contribution in [1.82, 2.24) is 4.90 Å². The van der Waals surface area contributed by atoms with Crippen molar-refractivity contribution in [2.75, 3.05) is 18.4 Å². The number of benzene rings is 1. The first-order chi connectivity index (χ1) is 12.3. The first-order valence-corrected chi connectivity index (χ1v) is 9.35. The fourth-order valence-electron chi connectivity index (χ4n) is 3.80. The Kier molecular flexibility index (Phi) is 7.79. The largest absolute Gasteiger partial charge is 0.391 e. The van der Waals surface area contributed by atoms with E-state index < -0.39 is 12.1 Å². The lowest BCUT2D eigenvalue weighted by molar-refractivity contribution is -0.187. The summed E-state index contributed by atoms with van der Waals surface area (Å²) in [5.41, 5.74) is 8.15. The van der Waals surface area contributed by atoms with Crippen molar-refractivity contribution in [2.24, 2.45) is 16.6 Å². The summed E-state index contributed by atoms with van der Waals surface area (Å²) in [5.74, 6) is -0.733. The van der Waals surface area contributed by atoms with Gasteiger partial charge >= 0.3 is 6.18 Å². The normalized spacial score (nSPS) is 24.8. The van der Waals surface area contributed by atoms with Crippen molar-refractivity contribution >= 4 is 35.6 Å². The molecule has 1 saturated heterocycles. The van der Waals surface area contributed by atoms with Crippen LogP contribution in [0.1, 0.15) is 38.2 Å². The van der Waals surface area contributed by atoms with Gasteiger partial charge in [-0.05, 0) is 62.9 Å². The second kappa shape index (κ2) is 9.45. The lowest BCUT2D eigenvalue weighted by Crippen LogP contribution is -2.51. The second-order valence-corrected chi connectivity index (χ2v) is 7.32. The SMILES string of the molecule is CCc1cccc(NC(N)=NC2CC(N3CCC(C(F)(F)F)CC3)C2)c1.I. The molecule has 0 unspecified atom stereocenters. The van der Waals surface area contributed by atoms with E-state index in [0.29, 0.717) is 25.1 Å². The molecule has 4 nitrogen and oxygen atoms in total. The van der Waals surface area contributed by atoms with Crippen molar-refractivity contribution in [3.8, 4) is 0 Å². The first kappa shape index (κ1) is 22.3. The number of piperidine rings is 1. The third-order valence-electron chi connectivity index (χ3n) is 5.53. The highest BCUT2D eigenvalue weighted by atomic mass is 127. The molecule has 1 aromatic rings. The van der Waals surface area contributed by atoms with Crippen molar-refractivity contribution in [3.05, 3.63) is 29.8 Å². The third kappa shape index (κ3) is 5.97. The van der Waals surface area contributed by atoms with Crippen molar-refractivity contribution < 1.29 is 13.2 Å². The Morgan fingerprint density at radius 2 is 1.93 bits per heavy atom. The number of nitrogens with zero attached hydrogens (tertiary/aromatic N) is 2.